The number of hydrogen-bond acceptors (Lipinski definition) is 4. The molecule has 7 heteroatoms. The third kappa shape index (κ3) is 2.65. The molecular weight excluding hydrogens is 272 g/mol. The molecule has 1 saturated heterocycles. The van der Waals surface area contributed by atoms with Crippen molar-refractivity contribution in [2.75, 3.05) is 25.0 Å². The van der Waals surface area contributed by atoms with Crippen molar-refractivity contribution >= 4 is 17.6 Å². The fourth-order valence-electron chi connectivity index (χ4n) is 2.97. The number of carbonyl (C=O) groups is 2. The SMILES string of the molecule is CC(=O)N1CCOC(C(=O)Nc2c3c(nn2C)CCC3)C1. The van der Waals surface area contributed by atoms with Crippen molar-refractivity contribution in [1.29, 1.82) is 0 Å². The topological polar surface area (TPSA) is 76.5 Å². The van der Waals surface area contributed by atoms with Gasteiger partial charge in [-0.25, -0.2) is 0 Å². The Morgan fingerprint density at radius 3 is 2.95 bits per heavy atom. The standard InChI is InChI=1S/C14H20N4O3/c1-9(19)18-6-7-21-12(8-18)14(20)15-13-10-4-3-5-11(10)16-17(13)2/h12H,3-8H2,1-2H3,(H,15,20). The molecule has 1 fully saturated rings. The summed E-state index contributed by atoms with van der Waals surface area (Å²) in [7, 11) is 1.83. The molecule has 2 heterocycles. The van der Waals surface area contributed by atoms with E-state index in [1.165, 1.54) is 6.92 Å². The van der Waals surface area contributed by atoms with E-state index in [9.17, 15) is 9.59 Å². The Labute approximate surface area is 123 Å². The van der Waals surface area contributed by atoms with E-state index < -0.39 is 6.10 Å². The summed E-state index contributed by atoms with van der Waals surface area (Å²) in [5.74, 6) is 0.521. The van der Waals surface area contributed by atoms with Gasteiger partial charge < -0.3 is 15.0 Å². The highest BCUT2D eigenvalue weighted by molar-refractivity contribution is 5.94. The first-order valence-corrected chi connectivity index (χ1v) is 7.29. The van der Waals surface area contributed by atoms with Gasteiger partial charge in [0.1, 0.15) is 5.82 Å². The van der Waals surface area contributed by atoms with E-state index in [4.69, 9.17) is 4.74 Å². The average Bonchev–Trinajstić information content (AvgIpc) is 3.02. The lowest BCUT2D eigenvalue weighted by Gasteiger charge is -2.31. The van der Waals surface area contributed by atoms with Crippen LogP contribution in [0.25, 0.3) is 0 Å². The third-order valence-corrected chi connectivity index (χ3v) is 4.11. The number of fused-ring (bicyclic) bond motifs is 1. The number of carbonyl (C=O) groups excluding carboxylic acids is 2. The Kier molecular flexibility index (Phi) is 3.67. The van der Waals surface area contributed by atoms with Crippen LogP contribution >= 0.6 is 0 Å². The van der Waals surface area contributed by atoms with E-state index in [1.807, 2.05) is 7.05 Å². The van der Waals surface area contributed by atoms with Crippen molar-refractivity contribution in [2.45, 2.75) is 32.3 Å². The molecule has 7 nitrogen and oxygen atoms in total. The van der Waals surface area contributed by atoms with Crippen molar-refractivity contribution in [1.82, 2.24) is 14.7 Å². The van der Waals surface area contributed by atoms with E-state index in [2.05, 4.69) is 10.4 Å². The van der Waals surface area contributed by atoms with E-state index in [1.54, 1.807) is 9.58 Å². The van der Waals surface area contributed by atoms with Gasteiger partial charge in [-0.05, 0) is 19.3 Å². The zero-order valence-electron chi connectivity index (χ0n) is 12.4. The van der Waals surface area contributed by atoms with E-state index in [0.29, 0.717) is 19.7 Å². The molecular formula is C14H20N4O3. The van der Waals surface area contributed by atoms with Crippen LogP contribution in [0.15, 0.2) is 0 Å². The lowest BCUT2D eigenvalue weighted by molar-refractivity contribution is -0.143. The van der Waals surface area contributed by atoms with E-state index in [-0.39, 0.29) is 11.8 Å². The molecule has 1 atom stereocenters. The highest BCUT2D eigenvalue weighted by atomic mass is 16.5. The summed E-state index contributed by atoms with van der Waals surface area (Å²) < 4.78 is 7.21. The van der Waals surface area contributed by atoms with Gasteiger partial charge in [0.15, 0.2) is 6.10 Å². The molecule has 0 bridgehead atoms. The van der Waals surface area contributed by atoms with Gasteiger partial charge in [0.2, 0.25) is 5.91 Å². The van der Waals surface area contributed by atoms with Crippen LogP contribution in [0.2, 0.25) is 0 Å². The van der Waals surface area contributed by atoms with Gasteiger partial charge in [0.05, 0.1) is 18.8 Å². The second-order valence-corrected chi connectivity index (χ2v) is 5.56. The lowest BCUT2D eigenvalue weighted by atomic mass is 10.2. The molecule has 3 rings (SSSR count). The number of anilines is 1. The van der Waals surface area contributed by atoms with Crippen LogP contribution in [0.1, 0.15) is 24.6 Å². The van der Waals surface area contributed by atoms with Gasteiger partial charge in [-0.2, -0.15) is 5.10 Å². The van der Waals surface area contributed by atoms with Crippen molar-refractivity contribution in [3.63, 3.8) is 0 Å². The number of morpholine rings is 1. The first-order valence-electron chi connectivity index (χ1n) is 7.29. The molecule has 1 unspecified atom stereocenters. The number of nitrogens with zero attached hydrogens (tertiary/aromatic N) is 3. The van der Waals surface area contributed by atoms with Crippen LogP contribution in [0, 0.1) is 0 Å². The summed E-state index contributed by atoms with van der Waals surface area (Å²) in [6, 6.07) is 0. The first-order chi connectivity index (χ1) is 10.1. The van der Waals surface area contributed by atoms with Crippen LogP contribution in [-0.4, -0.2) is 52.3 Å². The molecule has 0 saturated carbocycles. The summed E-state index contributed by atoms with van der Waals surface area (Å²) in [6.45, 7) is 2.75. The van der Waals surface area contributed by atoms with Gasteiger partial charge >= 0.3 is 0 Å². The summed E-state index contributed by atoms with van der Waals surface area (Å²) >= 11 is 0. The predicted octanol–water partition coefficient (Wildman–Crippen LogP) is 0.0946. The van der Waals surface area contributed by atoms with Gasteiger partial charge in [-0.1, -0.05) is 0 Å². The predicted molar refractivity (Wildman–Crippen MR) is 75.9 cm³/mol. The molecule has 0 radical (unpaired) electrons. The van der Waals surface area contributed by atoms with Crippen LogP contribution in [0.5, 0.6) is 0 Å². The summed E-state index contributed by atoms with van der Waals surface area (Å²) in [5, 5.41) is 7.35. The summed E-state index contributed by atoms with van der Waals surface area (Å²) in [6.07, 6.45) is 2.38. The fourth-order valence-corrected chi connectivity index (χ4v) is 2.97. The molecule has 0 aromatic carbocycles. The first kappa shape index (κ1) is 14.1. The molecule has 1 aromatic rings. The Morgan fingerprint density at radius 1 is 1.38 bits per heavy atom. The van der Waals surface area contributed by atoms with Gasteiger partial charge in [0, 0.05) is 26.1 Å². The Balaban J connectivity index is 1.70. The maximum atomic E-state index is 12.4. The zero-order valence-corrected chi connectivity index (χ0v) is 12.4. The lowest BCUT2D eigenvalue weighted by Crippen LogP contribution is -2.49. The molecule has 2 amide bonds. The Morgan fingerprint density at radius 2 is 2.19 bits per heavy atom. The molecule has 0 spiro atoms. The van der Waals surface area contributed by atoms with Crippen LogP contribution in [-0.2, 0) is 34.2 Å². The zero-order chi connectivity index (χ0) is 15.0. The molecule has 21 heavy (non-hydrogen) atoms. The van der Waals surface area contributed by atoms with Crippen molar-refractivity contribution < 1.29 is 14.3 Å². The number of aromatic nitrogens is 2. The number of aryl methyl sites for hydroxylation is 2. The molecule has 1 aliphatic carbocycles. The second-order valence-electron chi connectivity index (χ2n) is 5.56. The maximum Gasteiger partial charge on any atom is 0.256 e. The van der Waals surface area contributed by atoms with Gasteiger partial charge in [0.25, 0.3) is 5.91 Å². The smallest absolute Gasteiger partial charge is 0.256 e. The minimum absolute atomic E-state index is 0.0301. The van der Waals surface area contributed by atoms with Crippen molar-refractivity contribution in [3.05, 3.63) is 11.3 Å². The molecule has 2 aliphatic rings. The molecule has 1 aromatic heterocycles. The van der Waals surface area contributed by atoms with E-state index >= 15 is 0 Å². The maximum absolute atomic E-state index is 12.4. The molecule has 1 N–H and O–H groups in total. The van der Waals surface area contributed by atoms with Gasteiger partial charge in [-0.15, -0.1) is 0 Å². The summed E-state index contributed by atoms with van der Waals surface area (Å²) in [5.41, 5.74) is 2.20. The Bertz CT molecular complexity index is 581. The number of ether oxygens (including phenoxy) is 1. The largest absolute Gasteiger partial charge is 0.365 e. The molecule has 1 aliphatic heterocycles. The van der Waals surface area contributed by atoms with Crippen LogP contribution in [0.4, 0.5) is 5.82 Å². The average molecular weight is 292 g/mol. The van der Waals surface area contributed by atoms with Gasteiger partial charge in [-0.3, -0.25) is 14.3 Å². The number of rotatable bonds is 2. The molecule has 114 valence electrons. The monoisotopic (exact) mass is 292 g/mol. The minimum Gasteiger partial charge on any atom is -0.365 e. The quantitative estimate of drug-likeness (QED) is 0.838. The highest BCUT2D eigenvalue weighted by Crippen LogP contribution is 2.28. The van der Waals surface area contributed by atoms with Crippen molar-refractivity contribution in [2.24, 2.45) is 7.05 Å². The normalized spacial score (nSPS) is 21.2. The summed E-state index contributed by atoms with van der Waals surface area (Å²) in [4.78, 5) is 25.4. The Hall–Kier alpha value is -1.89. The highest BCUT2D eigenvalue weighted by Gasteiger charge is 2.30. The second kappa shape index (κ2) is 5.48. The minimum atomic E-state index is -0.616. The third-order valence-electron chi connectivity index (χ3n) is 4.11. The van der Waals surface area contributed by atoms with Crippen LogP contribution in [0.3, 0.4) is 0 Å². The van der Waals surface area contributed by atoms with Crippen molar-refractivity contribution in [3.8, 4) is 0 Å². The van der Waals surface area contributed by atoms with E-state index in [0.717, 1.165) is 36.3 Å². The number of amides is 2. The number of hydrogen-bond donors (Lipinski definition) is 1. The fraction of sp³-hybridized carbons (Fsp3) is 0.643. The van der Waals surface area contributed by atoms with Crippen LogP contribution < -0.4 is 5.32 Å². The number of nitrogens with one attached hydrogen (secondary N) is 1.